The van der Waals surface area contributed by atoms with Crippen LogP contribution in [-0.4, -0.2) is 45.5 Å². The molecule has 0 fully saturated rings. The van der Waals surface area contributed by atoms with Crippen LogP contribution in [0.3, 0.4) is 0 Å². The maximum absolute atomic E-state index is 5.13. The molecule has 2 N–H and O–H groups in total. The van der Waals surface area contributed by atoms with E-state index < -0.39 is 0 Å². The maximum atomic E-state index is 5.13. The predicted octanol–water partition coefficient (Wildman–Crippen LogP) is 1.50. The molecule has 20 heavy (non-hydrogen) atoms. The quantitative estimate of drug-likeness (QED) is 0.759. The van der Waals surface area contributed by atoms with Crippen molar-refractivity contribution >= 4 is 15.9 Å². The van der Waals surface area contributed by atoms with Gasteiger partial charge in [0, 0.05) is 7.11 Å². The molecule has 0 aromatic carbocycles. The molecular formula is C12H19BrN6O. The van der Waals surface area contributed by atoms with Gasteiger partial charge in [-0.25, -0.2) is 0 Å². The first-order chi connectivity index (χ1) is 9.77. The van der Waals surface area contributed by atoms with Gasteiger partial charge in [-0.3, -0.25) is 4.68 Å². The molecule has 0 spiro atoms. The smallest absolute Gasteiger partial charge is 0.106 e. The fraction of sp³-hybridized carbons (Fsp3) is 0.583. The molecule has 110 valence electrons. The van der Waals surface area contributed by atoms with Gasteiger partial charge in [-0.15, -0.1) is 0 Å². The average molecular weight is 343 g/mol. The molecule has 0 saturated carbocycles. The molecule has 2 aromatic heterocycles. The molecule has 0 bridgehead atoms. The first-order valence-corrected chi connectivity index (χ1v) is 7.36. The summed E-state index contributed by atoms with van der Waals surface area (Å²) >= 11 is 3.56. The maximum Gasteiger partial charge on any atom is 0.106 e. The first kappa shape index (κ1) is 15.1. The highest BCUT2D eigenvalue weighted by Crippen LogP contribution is 2.27. The second kappa shape index (κ2) is 7.51. The standard InChI is InChI=1S/C12H19BrN6O/c1-3-4-14-11(10-8-15-18-17-10)12-9(13)7-16-19(12)5-6-20-2/h7-8,11,14H,3-6H2,1-2H3,(H,15,17,18). The Morgan fingerprint density at radius 3 is 3.00 bits per heavy atom. The third-order valence-electron chi connectivity index (χ3n) is 2.94. The Balaban J connectivity index is 2.30. The zero-order valence-electron chi connectivity index (χ0n) is 11.6. The fourth-order valence-electron chi connectivity index (χ4n) is 1.99. The van der Waals surface area contributed by atoms with E-state index in [1.165, 1.54) is 0 Å². The van der Waals surface area contributed by atoms with Crippen LogP contribution in [0.4, 0.5) is 0 Å². The second-order valence-corrected chi connectivity index (χ2v) is 5.23. The molecule has 0 amide bonds. The molecule has 8 heteroatoms. The number of halogens is 1. The third kappa shape index (κ3) is 3.44. The molecule has 0 saturated heterocycles. The average Bonchev–Trinajstić information content (AvgIpc) is 3.09. The minimum Gasteiger partial charge on any atom is -0.383 e. The Bertz CT molecular complexity index is 512. The van der Waals surface area contributed by atoms with E-state index in [1.54, 1.807) is 19.5 Å². The van der Waals surface area contributed by atoms with E-state index in [4.69, 9.17) is 4.74 Å². The SMILES string of the molecule is CCCNC(c1cn[nH]n1)c1c(Br)cnn1CCOC. The summed E-state index contributed by atoms with van der Waals surface area (Å²) in [6.07, 6.45) is 4.57. The summed E-state index contributed by atoms with van der Waals surface area (Å²) in [6, 6.07) is -0.0533. The molecule has 0 aliphatic carbocycles. The van der Waals surface area contributed by atoms with Gasteiger partial charge in [0.15, 0.2) is 0 Å². The van der Waals surface area contributed by atoms with Crippen molar-refractivity contribution in [2.24, 2.45) is 0 Å². The van der Waals surface area contributed by atoms with Gasteiger partial charge >= 0.3 is 0 Å². The van der Waals surface area contributed by atoms with Gasteiger partial charge in [0.1, 0.15) is 5.69 Å². The minimum absolute atomic E-state index is 0.0533. The van der Waals surface area contributed by atoms with Crippen LogP contribution in [0.5, 0.6) is 0 Å². The van der Waals surface area contributed by atoms with Crippen LogP contribution >= 0.6 is 15.9 Å². The molecule has 0 aliphatic heterocycles. The Hall–Kier alpha value is -1.25. The van der Waals surface area contributed by atoms with E-state index in [9.17, 15) is 0 Å². The van der Waals surface area contributed by atoms with E-state index in [0.717, 1.165) is 28.8 Å². The highest BCUT2D eigenvalue weighted by atomic mass is 79.9. The van der Waals surface area contributed by atoms with E-state index in [1.807, 2.05) is 4.68 Å². The number of hydrogen-bond acceptors (Lipinski definition) is 5. The third-order valence-corrected chi connectivity index (χ3v) is 3.55. The lowest BCUT2D eigenvalue weighted by molar-refractivity contribution is 0.182. The molecule has 2 aromatic rings. The van der Waals surface area contributed by atoms with Crippen molar-refractivity contribution in [2.45, 2.75) is 25.9 Å². The minimum atomic E-state index is -0.0533. The number of aromatic nitrogens is 5. The van der Waals surface area contributed by atoms with Crippen molar-refractivity contribution in [2.75, 3.05) is 20.3 Å². The number of hydrogen-bond donors (Lipinski definition) is 2. The van der Waals surface area contributed by atoms with Crippen LogP contribution in [0.2, 0.25) is 0 Å². The van der Waals surface area contributed by atoms with Gasteiger partial charge < -0.3 is 10.1 Å². The Morgan fingerprint density at radius 2 is 2.35 bits per heavy atom. The van der Waals surface area contributed by atoms with Crippen molar-refractivity contribution in [1.29, 1.82) is 0 Å². The molecule has 1 unspecified atom stereocenters. The Kier molecular flexibility index (Phi) is 5.69. The van der Waals surface area contributed by atoms with Crippen LogP contribution in [0.15, 0.2) is 16.9 Å². The van der Waals surface area contributed by atoms with Gasteiger partial charge in [-0.1, -0.05) is 6.92 Å². The predicted molar refractivity (Wildman–Crippen MR) is 78.3 cm³/mol. The lowest BCUT2D eigenvalue weighted by Crippen LogP contribution is -2.27. The number of H-pyrrole nitrogens is 1. The van der Waals surface area contributed by atoms with Gasteiger partial charge in [0.2, 0.25) is 0 Å². The number of ether oxygens (including phenoxy) is 1. The monoisotopic (exact) mass is 342 g/mol. The van der Waals surface area contributed by atoms with E-state index in [0.29, 0.717) is 13.2 Å². The van der Waals surface area contributed by atoms with Gasteiger partial charge in [0.05, 0.1) is 41.8 Å². The molecule has 2 rings (SSSR count). The fourth-order valence-corrected chi connectivity index (χ4v) is 2.52. The van der Waals surface area contributed by atoms with E-state index in [2.05, 4.69) is 48.7 Å². The highest BCUT2D eigenvalue weighted by Gasteiger charge is 2.23. The van der Waals surface area contributed by atoms with Crippen molar-refractivity contribution in [3.05, 3.63) is 28.3 Å². The number of nitrogens with zero attached hydrogens (tertiary/aromatic N) is 4. The number of methoxy groups -OCH3 is 1. The van der Waals surface area contributed by atoms with Crippen molar-refractivity contribution in [3.8, 4) is 0 Å². The van der Waals surface area contributed by atoms with E-state index in [-0.39, 0.29) is 6.04 Å². The second-order valence-electron chi connectivity index (χ2n) is 4.38. The van der Waals surface area contributed by atoms with Crippen molar-refractivity contribution in [1.82, 2.24) is 30.5 Å². The normalized spacial score (nSPS) is 12.8. The summed E-state index contributed by atoms with van der Waals surface area (Å²) in [4.78, 5) is 0. The van der Waals surface area contributed by atoms with Crippen LogP contribution in [-0.2, 0) is 11.3 Å². The van der Waals surface area contributed by atoms with Gasteiger partial charge in [-0.2, -0.15) is 20.5 Å². The largest absolute Gasteiger partial charge is 0.383 e. The zero-order chi connectivity index (χ0) is 14.4. The van der Waals surface area contributed by atoms with Gasteiger partial charge in [0.25, 0.3) is 0 Å². The zero-order valence-corrected chi connectivity index (χ0v) is 13.2. The molecule has 0 aliphatic rings. The Labute approximate surface area is 126 Å². The molecule has 1 atom stereocenters. The highest BCUT2D eigenvalue weighted by molar-refractivity contribution is 9.10. The van der Waals surface area contributed by atoms with Crippen LogP contribution in [0, 0.1) is 0 Å². The number of nitrogens with one attached hydrogen (secondary N) is 2. The Morgan fingerprint density at radius 1 is 1.50 bits per heavy atom. The summed E-state index contributed by atoms with van der Waals surface area (Å²) in [5.41, 5.74) is 1.88. The van der Waals surface area contributed by atoms with E-state index >= 15 is 0 Å². The molecule has 0 radical (unpaired) electrons. The van der Waals surface area contributed by atoms with Crippen LogP contribution < -0.4 is 5.32 Å². The lowest BCUT2D eigenvalue weighted by Gasteiger charge is -2.18. The summed E-state index contributed by atoms with van der Waals surface area (Å²) < 4.78 is 8.01. The summed E-state index contributed by atoms with van der Waals surface area (Å²) in [5, 5.41) is 18.6. The lowest BCUT2D eigenvalue weighted by atomic mass is 10.1. The summed E-state index contributed by atoms with van der Waals surface area (Å²) in [7, 11) is 1.68. The topological polar surface area (TPSA) is 80.7 Å². The van der Waals surface area contributed by atoms with Crippen LogP contribution in [0.25, 0.3) is 0 Å². The number of aromatic amines is 1. The molecular weight excluding hydrogens is 324 g/mol. The first-order valence-electron chi connectivity index (χ1n) is 6.57. The molecule has 7 nitrogen and oxygen atoms in total. The summed E-state index contributed by atoms with van der Waals surface area (Å²) in [5.74, 6) is 0. The van der Waals surface area contributed by atoms with Crippen molar-refractivity contribution in [3.63, 3.8) is 0 Å². The summed E-state index contributed by atoms with van der Waals surface area (Å²) in [6.45, 7) is 4.32. The number of rotatable bonds is 8. The molecule has 2 heterocycles. The van der Waals surface area contributed by atoms with Crippen molar-refractivity contribution < 1.29 is 4.74 Å². The van der Waals surface area contributed by atoms with Gasteiger partial charge in [-0.05, 0) is 28.9 Å². The van der Waals surface area contributed by atoms with Crippen LogP contribution in [0.1, 0.15) is 30.8 Å².